The number of amides is 2. The highest BCUT2D eigenvalue weighted by atomic mass is 16.3. The van der Waals surface area contributed by atoms with Crippen LogP contribution in [-0.2, 0) is 0 Å². The average molecular weight is 228 g/mol. The van der Waals surface area contributed by atoms with Gasteiger partial charge >= 0.3 is 6.03 Å². The molecule has 4 nitrogen and oxygen atoms in total. The summed E-state index contributed by atoms with van der Waals surface area (Å²) in [5.74, 6) is 0.719. The fraction of sp³-hybridized carbons (Fsp3) is 0.917. The number of aliphatic hydroxyl groups excluding tert-OH is 1. The van der Waals surface area contributed by atoms with Gasteiger partial charge in [0.15, 0.2) is 0 Å². The van der Waals surface area contributed by atoms with E-state index in [4.69, 9.17) is 5.11 Å². The van der Waals surface area contributed by atoms with Crippen LogP contribution in [0.1, 0.15) is 46.0 Å². The Morgan fingerprint density at radius 1 is 1.50 bits per heavy atom. The molecule has 1 rings (SSSR count). The van der Waals surface area contributed by atoms with Crippen molar-refractivity contribution in [3.8, 4) is 0 Å². The average Bonchev–Trinajstić information content (AvgIpc) is 2.16. The van der Waals surface area contributed by atoms with E-state index in [9.17, 15) is 4.79 Å². The predicted octanol–water partition coefficient (Wildman–Crippen LogP) is 1.64. The topological polar surface area (TPSA) is 61.4 Å². The van der Waals surface area contributed by atoms with E-state index in [1.807, 2.05) is 0 Å². The highest BCUT2D eigenvalue weighted by molar-refractivity contribution is 5.74. The summed E-state index contributed by atoms with van der Waals surface area (Å²) in [7, 11) is 0. The van der Waals surface area contributed by atoms with Crippen molar-refractivity contribution in [2.24, 2.45) is 5.92 Å². The predicted molar refractivity (Wildman–Crippen MR) is 64.3 cm³/mol. The molecule has 1 aliphatic carbocycles. The Balaban J connectivity index is 2.13. The molecule has 94 valence electrons. The summed E-state index contributed by atoms with van der Waals surface area (Å²) in [5, 5.41) is 14.8. The van der Waals surface area contributed by atoms with Crippen LogP contribution < -0.4 is 10.6 Å². The van der Waals surface area contributed by atoms with Crippen LogP contribution >= 0.6 is 0 Å². The van der Waals surface area contributed by atoms with Crippen LogP contribution in [-0.4, -0.2) is 29.8 Å². The fourth-order valence-electron chi connectivity index (χ4n) is 2.20. The molecule has 0 radical (unpaired) electrons. The van der Waals surface area contributed by atoms with E-state index < -0.39 is 0 Å². The van der Waals surface area contributed by atoms with Crippen LogP contribution in [0.2, 0.25) is 0 Å². The van der Waals surface area contributed by atoms with Gasteiger partial charge in [0.25, 0.3) is 0 Å². The molecule has 16 heavy (non-hydrogen) atoms. The molecule has 1 saturated carbocycles. The highest BCUT2D eigenvalue weighted by Gasteiger charge is 2.19. The van der Waals surface area contributed by atoms with Crippen molar-refractivity contribution in [1.82, 2.24) is 10.6 Å². The molecule has 2 amide bonds. The van der Waals surface area contributed by atoms with Gasteiger partial charge in [-0.3, -0.25) is 0 Å². The molecule has 3 unspecified atom stereocenters. The molecule has 0 aromatic rings. The van der Waals surface area contributed by atoms with Gasteiger partial charge in [0.2, 0.25) is 0 Å². The molecule has 0 spiro atoms. The van der Waals surface area contributed by atoms with Gasteiger partial charge < -0.3 is 15.7 Å². The second-order valence-corrected chi connectivity index (χ2v) is 5.01. The van der Waals surface area contributed by atoms with Crippen LogP contribution in [0.5, 0.6) is 0 Å². The minimum Gasteiger partial charge on any atom is -0.393 e. The van der Waals surface area contributed by atoms with Crippen molar-refractivity contribution in [3.63, 3.8) is 0 Å². The van der Waals surface area contributed by atoms with Crippen LogP contribution in [0.25, 0.3) is 0 Å². The molecule has 3 N–H and O–H groups in total. The first-order valence-electron chi connectivity index (χ1n) is 6.30. The summed E-state index contributed by atoms with van der Waals surface area (Å²) in [6, 6.07) is 0.232. The van der Waals surface area contributed by atoms with Crippen LogP contribution in [0.15, 0.2) is 0 Å². The molecule has 4 heteroatoms. The van der Waals surface area contributed by atoms with Crippen molar-refractivity contribution in [2.45, 2.75) is 58.1 Å². The van der Waals surface area contributed by atoms with Gasteiger partial charge in [-0.05, 0) is 32.1 Å². The lowest BCUT2D eigenvalue weighted by atomic mass is 9.87. The largest absolute Gasteiger partial charge is 0.393 e. The van der Waals surface area contributed by atoms with Crippen molar-refractivity contribution in [2.75, 3.05) is 6.54 Å². The van der Waals surface area contributed by atoms with E-state index >= 15 is 0 Å². The monoisotopic (exact) mass is 228 g/mol. The van der Waals surface area contributed by atoms with Crippen molar-refractivity contribution in [3.05, 3.63) is 0 Å². The lowest BCUT2D eigenvalue weighted by Crippen LogP contribution is -2.44. The third-order valence-electron chi connectivity index (χ3n) is 3.12. The van der Waals surface area contributed by atoms with E-state index in [2.05, 4.69) is 17.6 Å². The lowest BCUT2D eigenvalue weighted by molar-refractivity contribution is 0.182. The van der Waals surface area contributed by atoms with E-state index in [1.165, 1.54) is 12.8 Å². The molecule has 0 aromatic heterocycles. The zero-order valence-electron chi connectivity index (χ0n) is 10.3. The number of hydrogen-bond donors (Lipinski definition) is 3. The normalized spacial score (nSPS) is 27.2. The Hall–Kier alpha value is -0.770. The second-order valence-electron chi connectivity index (χ2n) is 5.01. The number of urea groups is 1. The van der Waals surface area contributed by atoms with Crippen molar-refractivity contribution < 1.29 is 9.90 Å². The molecular formula is C12H24N2O2. The molecule has 0 saturated heterocycles. The third-order valence-corrected chi connectivity index (χ3v) is 3.12. The summed E-state index contributed by atoms with van der Waals surface area (Å²) in [6.45, 7) is 4.49. The standard InChI is InChI=1S/C12H24N2O2/c1-9-4-3-5-11(8-9)14-12(16)13-7-6-10(2)15/h9-11,15H,3-8H2,1-2H3,(H2,13,14,16). The van der Waals surface area contributed by atoms with E-state index in [0.717, 1.165) is 18.8 Å². The van der Waals surface area contributed by atoms with Gasteiger partial charge in [0.1, 0.15) is 0 Å². The maximum Gasteiger partial charge on any atom is 0.315 e. The molecule has 1 aliphatic rings. The molecular weight excluding hydrogens is 204 g/mol. The minimum atomic E-state index is -0.352. The van der Waals surface area contributed by atoms with Crippen LogP contribution in [0.4, 0.5) is 4.79 Å². The Labute approximate surface area is 97.8 Å². The Kier molecular flexibility index (Phi) is 5.60. The molecule has 0 aliphatic heterocycles. The van der Waals surface area contributed by atoms with E-state index in [0.29, 0.717) is 19.0 Å². The summed E-state index contributed by atoms with van der Waals surface area (Å²) >= 11 is 0. The Morgan fingerprint density at radius 3 is 2.88 bits per heavy atom. The maximum absolute atomic E-state index is 11.5. The number of carbonyl (C=O) groups is 1. The van der Waals surface area contributed by atoms with Crippen LogP contribution in [0, 0.1) is 5.92 Å². The SMILES string of the molecule is CC(O)CCNC(=O)NC1CCCC(C)C1. The zero-order valence-corrected chi connectivity index (χ0v) is 10.3. The summed E-state index contributed by atoms with van der Waals surface area (Å²) < 4.78 is 0. The molecule has 0 bridgehead atoms. The number of rotatable bonds is 4. The molecule has 0 aromatic carbocycles. The van der Waals surface area contributed by atoms with Crippen molar-refractivity contribution >= 4 is 6.03 Å². The van der Waals surface area contributed by atoms with Crippen LogP contribution in [0.3, 0.4) is 0 Å². The highest BCUT2D eigenvalue weighted by Crippen LogP contribution is 2.23. The minimum absolute atomic E-state index is 0.0975. The Bertz CT molecular complexity index is 219. The maximum atomic E-state index is 11.5. The lowest BCUT2D eigenvalue weighted by Gasteiger charge is -2.27. The fourth-order valence-corrected chi connectivity index (χ4v) is 2.20. The number of hydrogen-bond acceptors (Lipinski definition) is 2. The molecule has 3 atom stereocenters. The number of carbonyl (C=O) groups excluding carboxylic acids is 1. The van der Waals surface area contributed by atoms with Gasteiger partial charge in [-0.15, -0.1) is 0 Å². The van der Waals surface area contributed by atoms with Gasteiger partial charge in [-0.25, -0.2) is 4.79 Å². The quantitative estimate of drug-likeness (QED) is 0.685. The molecule has 0 heterocycles. The van der Waals surface area contributed by atoms with E-state index in [-0.39, 0.29) is 12.1 Å². The first kappa shape index (κ1) is 13.3. The Morgan fingerprint density at radius 2 is 2.25 bits per heavy atom. The summed E-state index contributed by atoms with van der Waals surface area (Å²) in [6.07, 6.45) is 4.92. The van der Waals surface area contributed by atoms with Crippen molar-refractivity contribution in [1.29, 1.82) is 0 Å². The van der Waals surface area contributed by atoms with Gasteiger partial charge in [-0.1, -0.05) is 19.8 Å². The van der Waals surface area contributed by atoms with Gasteiger partial charge in [0, 0.05) is 12.6 Å². The second kappa shape index (κ2) is 6.74. The third kappa shape index (κ3) is 5.35. The smallest absolute Gasteiger partial charge is 0.315 e. The van der Waals surface area contributed by atoms with Gasteiger partial charge in [-0.2, -0.15) is 0 Å². The summed E-state index contributed by atoms with van der Waals surface area (Å²) in [5.41, 5.74) is 0. The molecule has 1 fully saturated rings. The first-order valence-corrected chi connectivity index (χ1v) is 6.30. The number of aliphatic hydroxyl groups is 1. The van der Waals surface area contributed by atoms with Gasteiger partial charge in [0.05, 0.1) is 6.10 Å². The summed E-state index contributed by atoms with van der Waals surface area (Å²) in [4.78, 5) is 11.5. The zero-order chi connectivity index (χ0) is 12.0. The first-order chi connectivity index (χ1) is 7.58. The van der Waals surface area contributed by atoms with E-state index in [1.54, 1.807) is 6.92 Å². The number of nitrogens with one attached hydrogen (secondary N) is 2.